The van der Waals surface area contributed by atoms with Gasteiger partial charge in [0.05, 0.1) is 18.9 Å². The quantitative estimate of drug-likeness (QED) is 0.518. The maximum atomic E-state index is 11.5. The second-order valence-corrected chi connectivity index (χ2v) is 5.12. The highest BCUT2D eigenvalue weighted by molar-refractivity contribution is 7.89. The highest BCUT2D eigenvalue weighted by atomic mass is 32.2. The fourth-order valence-electron chi connectivity index (χ4n) is 1.02. The van der Waals surface area contributed by atoms with Gasteiger partial charge in [0.1, 0.15) is 0 Å². The van der Waals surface area contributed by atoms with Crippen molar-refractivity contribution in [2.75, 3.05) is 12.9 Å². The highest BCUT2D eigenvalue weighted by Gasteiger charge is 2.15. The van der Waals surface area contributed by atoms with Crippen LogP contribution in [0.5, 0.6) is 0 Å². The van der Waals surface area contributed by atoms with Crippen molar-refractivity contribution < 1.29 is 17.9 Å². The monoisotopic (exact) mass is 247 g/mol. The zero-order chi connectivity index (χ0) is 12.6. The van der Waals surface area contributed by atoms with Crippen molar-refractivity contribution in [3.63, 3.8) is 0 Å². The Kier molecular flexibility index (Phi) is 6.77. The molecule has 0 aliphatic rings. The summed E-state index contributed by atoms with van der Waals surface area (Å²) in [5.74, 6) is 1.79. The molecule has 0 aromatic rings. The minimum absolute atomic E-state index is 0.0876. The molecule has 0 aromatic carbocycles. The summed E-state index contributed by atoms with van der Waals surface area (Å²) in [6, 6.07) is -0.483. The predicted octanol–water partition coefficient (Wildman–Crippen LogP) is 0.271. The van der Waals surface area contributed by atoms with Crippen LogP contribution in [0.2, 0.25) is 0 Å². The zero-order valence-corrected chi connectivity index (χ0v) is 10.3. The molecule has 0 heterocycles. The van der Waals surface area contributed by atoms with E-state index in [9.17, 15) is 13.2 Å². The van der Waals surface area contributed by atoms with Gasteiger partial charge >= 0.3 is 5.97 Å². The van der Waals surface area contributed by atoms with E-state index in [1.54, 1.807) is 6.92 Å². The number of methoxy groups -OCH3 is 1. The van der Waals surface area contributed by atoms with E-state index in [4.69, 9.17) is 6.42 Å². The Morgan fingerprint density at radius 2 is 2.19 bits per heavy atom. The van der Waals surface area contributed by atoms with Crippen LogP contribution in [0.3, 0.4) is 0 Å². The lowest BCUT2D eigenvalue weighted by molar-refractivity contribution is -0.140. The summed E-state index contributed by atoms with van der Waals surface area (Å²) in [5, 5.41) is 0. The van der Waals surface area contributed by atoms with E-state index in [-0.39, 0.29) is 18.6 Å². The molecule has 0 amide bonds. The molecule has 0 aliphatic carbocycles. The minimum atomic E-state index is -3.41. The van der Waals surface area contributed by atoms with Crippen LogP contribution in [0.1, 0.15) is 26.2 Å². The number of nitrogens with one attached hydrogen (secondary N) is 1. The molecule has 0 saturated heterocycles. The van der Waals surface area contributed by atoms with Gasteiger partial charge in [0.2, 0.25) is 10.0 Å². The molecule has 1 atom stereocenters. The lowest BCUT2D eigenvalue weighted by atomic mass is 10.3. The summed E-state index contributed by atoms with van der Waals surface area (Å²) in [4.78, 5) is 10.8. The first-order valence-corrected chi connectivity index (χ1v) is 6.63. The van der Waals surface area contributed by atoms with Crippen LogP contribution < -0.4 is 4.72 Å². The second kappa shape index (κ2) is 7.25. The number of ether oxygens (including phenoxy) is 1. The van der Waals surface area contributed by atoms with Crippen LogP contribution >= 0.6 is 0 Å². The maximum absolute atomic E-state index is 11.5. The van der Waals surface area contributed by atoms with Crippen LogP contribution in [0, 0.1) is 12.3 Å². The van der Waals surface area contributed by atoms with Gasteiger partial charge < -0.3 is 4.74 Å². The number of hydrogen-bond donors (Lipinski definition) is 1. The van der Waals surface area contributed by atoms with Crippen molar-refractivity contribution in [3.05, 3.63) is 0 Å². The molecule has 92 valence electrons. The molecule has 0 aliphatic heterocycles. The van der Waals surface area contributed by atoms with Crippen molar-refractivity contribution in [1.82, 2.24) is 4.72 Å². The van der Waals surface area contributed by atoms with Gasteiger partial charge in [0, 0.05) is 6.42 Å². The first kappa shape index (κ1) is 14.9. The number of carbonyl (C=O) groups is 1. The molecule has 1 unspecified atom stereocenters. The normalized spacial score (nSPS) is 12.8. The third-order valence-electron chi connectivity index (χ3n) is 1.95. The van der Waals surface area contributed by atoms with Gasteiger partial charge in [-0.1, -0.05) is 12.8 Å². The fourth-order valence-corrected chi connectivity index (χ4v) is 2.33. The predicted molar refractivity (Wildman–Crippen MR) is 61.1 cm³/mol. The average Bonchev–Trinajstić information content (AvgIpc) is 2.25. The molecular formula is C10H17NO4S. The average molecular weight is 247 g/mol. The third kappa shape index (κ3) is 6.43. The molecule has 5 nitrogen and oxygen atoms in total. The van der Waals surface area contributed by atoms with Gasteiger partial charge in [0.25, 0.3) is 0 Å². The summed E-state index contributed by atoms with van der Waals surface area (Å²) in [5.41, 5.74) is 0. The van der Waals surface area contributed by atoms with Gasteiger partial charge in [0.15, 0.2) is 0 Å². The van der Waals surface area contributed by atoms with E-state index in [0.29, 0.717) is 6.42 Å². The molecule has 1 N–H and O–H groups in total. The molecule has 0 rings (SSSR count). The van der Waals surface area contributed by atoms with Crippen LogP contribution in [0.25, 0.3) is 0 Å². The highest BCUT2D eigenvalue weighted by Crippen LogP contribution is 1.99. The SMILES string of the molecule is C#CC(CC)NS(=O)(=O)CCCC(=O)OC. The Morgan fingerprint density at radius 1 is 1.56 bits per heavy atom. The van der Waals surface area contributed by atoms with E-state index in [1.807, 2.05) is 0 Å². The Labute approximate surface area is 96.6 Å². The summed E-state index contributed by atoms with van der Waals surface area (Å²) in [7, 11) is -2.14. The van der Waals surface area contributed by atoms with Crippen LogP contribution in [-0.4, -0.2) is 33.3 Å². The van der Waals surface area contributed by atoms with Crippen LogP contribution in [0.4, 0.5) is 0 Å². The Balaban J connectivity index is 4.07. The van der Waals surface area contributed by atoms with Crippen molar-refractivity contribution in [2.24, 2.45) is 0 Å². The second-order valence-electron chi connectivity index (χ2n) is 3.24. The number of hydrogen-bond acceptors (Lipinski definition) is 4. The minimum Gasteiger partial charge on any atom is -0.469 e. The Bertz CT molecular complexity index is 356. The molecular weight excluding hydrogens is 230 g/mol. The lowest BCUT2D eigenvalue weighted by Crippen LogP contribution is -2.35. The van der Waals surface area contributed by atoms with E-state index >= 15 is 0 Å². The Morgan fingerprint density at radius 3 is 2.62 bits per heavy atom. The van der Waals surface area contributed by atoms with Crippen molar-refractivity contribution >= 4 is 16.0 Å². The van der Waals surface area contributed by atoms with Crippen LogP contribution in [0.15, 0.2) is 0 Å². The summed E-state index contributed by atoms with van der Waals surface area (Å²) < 4.78 is 29.7. The number of rotatable bonds is 7. The van der Waals surface area contributed by atoms with Gasteiger partial charge in [-0.05, 0) is 12.8 Å². The zero-order valence-electron chi connectivity index (χ0n) is 9.52. The van der Waals surface area contributed by atoms with Gasteiger partial charge in [-0.2, -0.15) is 0 Å². The van der Waals surface area contributed by atoms with E-state index in [0.717, 1.165) is 0 Å². The standard InChI is InChI=1S/C10H17NO4S/c1-4-9(5-2)11-16(13,14)8-6-7-10(12)15-3/h1,9,11H,5-8H2,2-3H3. The smallest absolute Gasteiger partial charge is 0.305 e. The number of sulfonamides is 1. The molecule has 0 radical (unpaired) electrons. The first-order chi connectivity index (χ1) is 7.45. The fraction of sp³-hybridized carbons (Fsp3) is 0.700. The van der Waals surface area contributed by atoms with Crippen molar-refractivity contribution in [1.29, 1.82) is 0 Å². The number of carbonyl (C=O) groups excluding carboxylic acids is 1. The summed E-state index contributed by atoms with van der Waals surface area (Å²) >= 11 is 0. The van der Waals surface area contributed by atoms with Gasteiger partial charge in [-0.3, -0.25) is 4.79 Å². The van der Waals surface area contributed by atoms with E-state index in [2.05, 4.69) is 15.4 Å². The van der Waals surface area contributed by atoms with Gasteiger partial charge in [-0.15, -0.1) is 6.42 Å². The number of esters is 1. The van der Waals surface area contributed by atoms with E-state index in [1.165, 1.54) is 7.11 Å². The van der Waals surface area contributed by atoms with Gasteiger partial charge in [-0.25, -0.2) is 13.1 Å². The van der Waals surface area contributed by atoms with E-state index < -0.39 is 22.0 Å². The molecule has 16 heavy (non-hydrogen) atoms. The molecule has 0 bridgehead atoms. The Hall–Kier alpha value is -1.06. The summed E-state index contributed by atoms with van der Waals surface area (Å²) in [6.45, 7) is 1.79. The lowest BCUT2D eigenvalue weighted by Gasteiger charge is -2.10. The largest absolute Gasteiger partial charge is 0.469 e. The first-order valence-electron chi connectivity index (χ1n) is 4.98. The maximum Gasteiger partial charge on any atom is 0.305 e. The van der Waals surface area contributed by atoms with Crippen LogP contribution in [-0.2, 0) is 19.6 Å². The molecule has 0 fully saturated rings. The van der Waals surface area contributed by atoms with Crippen molar-refractivity contribution in [2.45, 2.75) is 32.2 Å². The molecule has 0 aromatic heterocycles. The molecule has 6 heteroatoms. The number of terminal acetylenes is 1. The molecule has 0 saturated carbocycles. The third-order valence-corrected chi connectivity index (χ3v) is 3.42. The van der Waals surface area contributed by atoms with Crippen molar-refractivity contribution in [3.8, 4) is 12.3 Å². The summed E-state index contributed by atoms with van der Waals surface area (Å²) in [6.07, 6.45) is 5.99. The molecule has 0 spiro atoms. The topological polar surface area (TPSA) is 72.5 Å².